The lowest BCUT2D eigenvalue weighted by molar-refractivity contribution is -0.143. The lowest BCUT2D eigenvalue weighted by Gasteiger charge is -2.22. The third-order valence-corrected chi connectivity index (χ3v) is 3.12. The van der Waals surface area contributed by atoms with E-state index in [4.69, 9.17) is 4.74 Å². The summed E-state index contributed by atoms with van der Waals surface area (Å²) >= 11 is 0. The quantitative estimate of drug-likeness (QED) is 0.138. The molecule has 0 fully saturated rings. The number of nitrogens with zero attached hydrogens (tertiary/aromatic N) is 2. The molecule has 0 aliphatic carbocycles. The Kier molecular flexibility index (Phi) is 17.7. The summed E-state index contributed by atoms with van der Waals surface area (Å²) in [6.07, 6.45) is 7.80. The molecular weight excluding hydrogens is 393 g/mol. The second-order valence-electron chi connectivity index (χ2n) is 4.94. The van der Waals surface area contributed by atoms with Crippen LogP contribution in [0.15, 0.2) is 17.6 Å². The molecule has 130 valence electrons. The number of halogens is 1. The van der Waals surface area contributed by atoms with Crippen LogP contribution < -0.4 is 5.32 Å². The molecule has 0 spiro atoms. The van der Waals surface area contributed by atoms with Crippen molar-refractivity contribution in [2.24, 2.45) is 4.99 Å². The number of hydrogen-bond acceptors (Lipinski definition) is 3. The van der Waals surface area contributed by atoms with Gasteiger partial charge in [0, 0.05) is 33.6 Å². The van der Waals surface area contributed by atoms with Crippen LogP contribution in [-0.2, 0) is 9.53 Å². The molecule has 0 saturated carbocycles. The van der Waals surface area contributed by atoms with Crippen LogP contribution in [-0.4, -0.2) is 50.6 Å². The highest BCUT2D eigenvalue weighted by molar-refractivity contribution is 14.0. The third-order valence-electron chi connectivity index (χ3n) is 3.12. The van der Waals surface area contributed by atoms with Crippen molar-refractivity contribution < 1.29 is 9.53 Å². The normalized spacial score (nSPS) is 10.6. The van der Waals surface area contributed by atoms with Crippen molar-refractivity contribution in [1.82, 2.24) is 10.2 Å². The van der Waals surface area contributed by atoms with Gasteiger partial charge in [-0.05, 0) is 32.6 Å². The summed E-state index contributed by atoms with van der Waals surface area (Å²) in [7, 11) is 3.82. The van der Waals surface area contributed by atoms with E-state index in [-0.39, 0.29) is 29.9 Å². The molecule has 0 aliphatic heterocycles. The van der Waals surface area contributed by atoms with Gasteiger partial charge in [0.25, 0.3) is 0 Å². The molecule has 0 aromatic heterocycles. The van der Waals surface area contributed by atoms with Gasteiger partial charge < -0.3 is 15.0 Å². The van der Waals surface area contributed by atoms with Crippen LogP contribution in [0.1, 0.15) is 45.4 Å². The van der Waals surface area contributed by atoms with Crippen molar-refractivity contribution in [2.75, 3.05) is 33.8 Å². The first-order chi connectivity index (χ1) is 10.2. The highest BCUT2D eigenvalue weighted by Gasteiger charge is 2.06. The fraction of sp³-hybridized carbons (Fsp3) is 0.750. The zero-order chi connectivity index (χ0) is 15.9. The van der Waals surface area contributed by atoms with Gasteiger partial charge in [-0.3, -0.25) is 9.79 Å². The van der Waals surface area contributed by atoms with E-state index in [2.05, 4.69) is 21.8 Å². The number of aliphatic imine (C=N–C) groups is 1. The molecule has 5 nitrogen and oxygen atoms in total. The average Bonchev–Trinajstić information content (AvgIpc) is 2.47. The van der Waals surface area contributed by atoms with Crippen molar-refractivity contribution in [3.8, 4) is 0 Å². The number of carbonyl (C=O) groups excluding carboxylic acids is 1. The highest BCUT2D eigenvalue weighted by Crippen LogP contribution is 2.01. The molecule has 0 radical (unpaired) electrons. The minimum Gasteiger partial charge on any atom is -0.466 e. The van der Waals surface area contributed by atoms with E-state index < -0.39 is 0 Å². The molecule has 0 aliphatic rings. The summed E-state index contributed by atoms with van der Waals surface area (Å²) in [5.74, 6) is 0.743. The van der Waals surface area contributed by atoms with Crippen molar-refractivity contribution in [2.45, 2.75) is 45.4 Å². The Bertz CT molecular complexity index is 323. The first-order valence-electron chi connectivity index (χ1n) is 7.84. The number of nitrogens with one attached hydrogen (secondary N) is 1. The number of guanidine groups is 1. The van der Waals surface area contributed by atoms with Crippen LogP contribution >= 0.6 is 24.0 Å². The minimum atomic E-state index is -0.134. The Balaban J connectivity index is 0. The molecule has 0 bridgehead atoms. The molecule has 0 aromatic carbocycles. The van der Waals surface area contributed by atoms with Gasteiger partial charge >= 0.3 is 5.97 Å². The summed E-state index contributed by atoms with van der Waals surface area (Å²) < 4.78 is 4.89. The van der Waals surface area contributed by atoms with E-state index in [9.17, 15) is 4.79 Å². The van der Waals surface area contributed by atoms with Gasteiger partial charge in [0.15, 0.2) is 5.96 Å². The first-order valence-corrected chi connectivity index (χ1v) is 7.84. The summed E-state index contributed by atoms with van der Waals surface area (Å²) in [6, 6.07) is 0. The van der Waals surface area contributed by atoms with E-state index in [1.807, 2.05) is 20.0 Å². The third kappa shape index (κ3) is 12.9. The molecular formula is C16H32IN3O2. The van der Waals surface area contributed by atoms with Gasteiger partial charge in [-0.2, -0.15) is 0 Å². The lowest BCUT2D eigenvalue weighted by atomic mass is 10.2. The Hall–Kier alpha value is -0.790. The maximum atomic E-state index is 11.2. The second-order valence-corrected chi connectivity index (χ2v) is 4.94. The second kappa shape index (κ2) is 16.6. The van der Waals surface area contributed by atoms with Crippen LogP contribution in [0.2, 0.25) is 0 Å². The molecule has 0 heterocycles. The molecule has 6 heteroatoms. The van der Waals surface area contributed by atoms with E-state index in [1.54, 1.807) is 7.05 Å². The van der Waals surface area contributed by atoms with E-state index in [1.165, 1.54) is 12.8 Å². The predicted octanol–water partition coefficient (Wildman–Crippen LogP) is 3.20. The standard InChI is InChI=1S/C16H31N3O2.HI/c1-5-7-8-9-10-14-19(4)16(17-3)18-13-11-12-15(20)21-6-2;/h5H,1,6-14H2,2-4H3,(H,17,18);1H. The number of carbonyl (C=O) groups is 1. The Morgan fingerprint density at radius 3 is 2.64 bits per heavy atom. The zero-order valence-electron chi connectivity index (χ0n) is 14.3. The zero-order valence-corrected chi connectivity index (χ0v) is 16.6. The van der Waals surface area contributed by atoms with Crippen LogP contribution in [0.5, 0.6) is 0 Å². The SMILES string of the molecule is C=CCCCCCN(C)C(=NC)NCCCC(=O)OCC.I. The summed E-state index contributed by atoms with van der Waals surface area (Å²) in [5, 5.41) is 3.27. The lowest BCUT2D eigenvalue weighted by Crippen LogP contribution is -2.39. The summed E-state index contributed by atoms with van der Waals surface area (Å²) in [6.45, 7) is 7.71. The number of rotatable bonds is 11. The molecule has 22 heavy (non-hydrogen) atoms. The average molecular weight is 425 g/mol. The topological polar surface area (TPSA) is 53.9 Å². The van der Waals surface area contributed by atoms with Gasteiger partial charge in [-0.1, -0.05) is 12.5 Å². The van der Waals surface area contributed by atoms with Crippen molar-refractivity contribution in [3.63, 3.8) is 0 Å². The van der Waals surface area contributed by atoms with Gasteiger partial charge in [0.05, 0.1) is 6.61 Å². The van der Waals surface area contributed by atoms with E-state index >= 15 is 0 Å². The van der Waals surface area contributed by atoms with Gasteiger partial charge in [0.1, 0.15) is 0 Å². The van der Waals surface area contributed by atoms with Crippen LogP contribution in [0.3, 0.4) is 0 Å². The smallest absolute Gasteiger partial charge is 0.305 e. The van der Waals surface area contributed by atoms with E-state index in [0.29, 0.717) is 13.0 Å². The fourth-order valence-electron chi connectivity index (χ4n) is 1.97. The molecule has 0 rings (SSSR count). The highest BCUT2D eigenvalue weighted by atomic mass is 127. The molecule has 0 unspecified atom stereocenters. The van der Waals surface area contributed by atoms with Crippen molar-refractivity contribution in [1.29, 1.82) is 0 Å². The fourth-order valence-corrected chi connectivity index (χ4v) is 1.97. The predicted molar refractivity (Wildman–Crippen MR) is 104 cm³/mol. The van der Waals surface area contributed by atoms with Crippen LogP contribution in [0.4, 0.5) is 0 Å². The molecule has 0 saturated heterocycles. The number of allylic oxidation sites excluding steroid dienone is 1. The Labute approximate surface area is 152 Å². The Morgan fingerprint density at radius 1 is 1.32 bits per heavy atom. The number of hydrogen-bond donors (Lipinski definition) is 1. The number of esters is 1. The molecule has 0 aromatic rings. The molecule has 0 atom stereocenters. The van der Waals surface area contributed by atoms with Crippen LogP contribution in [0, 0.1) is 0 Å². The first kappa shape index (κ1) is 23.5. The Morgan fingerprint density at radius 2 is 2.05 bits per heavy atom. The maximum Gasteiger partial charge on any atom is 0.305 e. The van der Waals surface area contributed by atoms with Gasteiger partial charge in [0.2, 0.25) is 0 Å². The van der Waals surface area contributed by atoms with E-state index in [0.717, 1.165) is 38.3 Å². The van der Waals surface area contributed by atoms with Gasteiger partial charge in [-0.15, -0.1) is 30.6 Å². The monoisotopic (exact) mass is 425 g/mol. The number of unbranched alkanes of at least 4 members (excludes halogenated alkanes) is 3. The maximum absolute atomic E-state index is 11.2. The van der Waals surface area contributed by atoms with Crippen LogP contribution in [0.25, 0.3) is 0 Å². The minimum absolute atomic E-state index is 0. The summed E-state index contributed by atoms with van der Waals surface area (Å²) in [4.78, 5) is 17.6. The summed E-state index contributed by atoms with van der Waals surface area (Å²) in [5.41, 5.74) is 0. The number of ether oxygens (including phenoxy) is 1. The van der Waals surface area contributed by atoms with Crippen molar-refractivity contribution in [3.05, 3.63) is 12.7 Å². The van der Waals surface area contributed by atoms with Gasteiger partial charge in [-0.25, -0.2) is 0 Å². The van der Waals surface area contributed by atoms with Crippen molar-refractivity contribution >= 4 is 35.9 Å². The largest absolute Gasteiger partial charge is 0.466 e. The molecule has 1 N–H and O–H groups in total. The molecule has 0 amide bonds.